The van der Waals surface area contributed by atoms with Crippen molar-refractivity contribution in [1.29, 1.82) is 0 Å². The van der Waals surface area contributed by atoms with Crippen molar-refractivity contribution >= 4 is 35.8 Å². The number of benzene rings is 2. The Morgan fingerprint density at radius 3 is 2.48 bits per heavy atom. The lowest BCUT2D eigenvalue weighted by Crippen LogP contribution is -2.56. The van der Waals surface area contributed by atoms with Crippen molar-refractivity contribution in [3.05, 3.63) is 84.5 Å². The summed E-state index contributed by atoms with van der Waals surface area (Å²) in [5.74, 6) is 3.24. The van der Waals surface area contributed by atoms with Gasteiger partial charge in [-0.05, 0) is 42.8 Å². The van der Waals surface area contributed by atoms with Gasteiger partial charge < -0.3 is 9.82 Å². The summed E-state index contributed by atoms with van der Waals surface area (Å²) in [6, 6.07) is 23.3. The molecule has 0 saturated heterocycles. The zero-order valence-corrected chi connectivity index (χ0v) is 15.5. The smallest absolute Gasteiger partial charge is 0.304 e. The number of para-hydroxylation sites is 2. The van der Waals surface area contributed by atoms with Crippen LogP contribution in [0.5, 0.6) is 0 Å². The summed E-state index contributed by atoms with van der Waals surface area (Å²) in [5.41, 5.74) is 4.76. The number of hydrazine groups is 1. The molecule has 0 fully saturated rings. The summed E-state index contributed by atoms with van der Waals surface area (Å²) in [6.07, 6.45) is 4.20. The van der Waals surface area contributed by atoms with Gasteiger partial charge in [0, 0.05) is 11.9 Å². The maximum atomic E-state index is 4.77. The minimum absolute atomic E-state index is 0.110. The standard InChI is InChI=1S/C22H21BN4/c1-17-25(19-10-4-3-5-11-19)21-13-8-16-24-22(21)26(17)27-20-12-7-6-9-18(20)14-15-23(27)2/h3-17H,1-2H3/t17-/m0/s1. The number of pyridine rings is 1. The molecule has 2 aromatic carbocycles. The number of hydrogen-bond acceptors (Lipinski definition) is 4. The zero-order chi connectivity index (χ0) is 18.4. The summed E-state index contributed by atoms with van der Waals surface area (Å²) in [7, 11) is 0. The van der Waals surface area contributed by atoms with E-state index in [1.54, 1.807) is 0 Å². The van der Waals surface area contributed by atoms with Crippen LogP contribution >= 0.6 is 0 Å². The Morgan fingerprint density at radius 1 is 0.889 bits per heavy atom. The highest BCUT2D eigenvalue weighted by Crippen LogP contribution is 2.45. The summed E-state index contributed by atoms with van der Waals surface area (Å²) in [5, 5.41) is 2.33. The first kappa shape index (κ1) is 16.0. The molecule has 132 valence electrons. The molecule has 4 nitrogen and oxygen atoms in total. The molecule has 0 N–H and O–H groups in total. The summed E-state index contributed by atoms with van der Waals surface area (Å²) in [6.45, 7) is 4.71. The number of hydrogen-bond donors (Lipinski definition) is 0. The van der Waals surface area contributed by atoms with Crippen LogP contribution in [0, 0.1) is 0 Å². The molecule has 0 amide bonds. The molecule has 0 spiro atoms. The van der Waals surface area contributed by atoms with Gasteiger partial charge in [-0.1, -0.05) is 55.3 Å². The molecule has 2 aliphatic heterocycles. The lowest BCUT2D eigenvalue weighted by molar-refractivity contribution is 0.689. The Balaban J connectivity index is 1.66. The van der Waals surface area contributed by atoms with Crippen LogP contribution in [-0.2, 0) is 0 Å². The number of anilines is 4. The number of nitrogens with zero attached hydrogens (tertiary/aromatic N) is 4. The van der Waals surface area contributed by atoms with E-state index >= 15 is 0 Å². The molecule has 0 aliphatic carbocycles. The van der Waals surface area contributed by atoms with E-state index in [1.165, 1.54) is 16.9 Å². The fraction of sp³-hybridized carbons (Fsp3) is 0.136. The first-order chi connectivity index (χ1) is 13.3. The SMILES string of the molecule is CB1C=Cc2ccccc2N1N1c2ncccc2N(c2ccccc2)[C@@H]1C. The number of aromatic nitrogens is 1. The second-order valence-electron chi connectivity index (χ2n) is 7.03. The van der Waals surface area contributed by atoms with Crippen molar-refractivity contribution in [3.63, 3.8) is 0 Å². The summed E-state index contributed by atoms with van der Waals surface area (Å²) in [4.78, 5) is 9.49. The van der Waals surface area contributed by atoms with Gasteiger partial charge in [-0.3, -0.25) is 5.01 Å². The van der Waals surface area contributed by atoms with Gasteiger partial charge >= 0.3 is 6.85 Å². The molecular formula is C22H21BN4. The van der Waals surface area contributed by atoms with E-state index in [4.69, 9.17) is 4.98 Å². The fourth-order valence-corrected chi connectivity index (χ4v) is 4.16. The Hall–Kier alpha value is -3.21. The predicted octanol–water partition coefficient (Wildman–Crippen LogP) is 4.99. The highest BCUT2D eigenvalue weighted by molar-refractivity contribution is 6.69. The van der Waals surface area contributed by atoms with Gasteiger partial charge in [-0.2, -0.15) is 0 Å². The number of fused-ring (bicyclic) bond motifs is 2. The van der Waals surface area contributed by atoms with E-state index < -0.39 is 0 Å². The third kappa shape index (κ3) is 2.42. The third-order valence-corrected chi connectivity index (χ3v) is 5.36. The first-order valence-corrected chi connectivity index (χ1v) is 9.40. The van der Waals surface area contributed by atoms with Crippen molar-refractivity contribution in [2.75, 3.05) is 14.8 Å². The molecular weight excluding hydrogens is 331 g/mol. The maximum Gasteiger partial charge on any atom is 0.304 e. The Morgan fingerprint density at radius 2 is 1.63 bits per heavy atom. The van der Waals surface area contributed by atoms with Crippen LogP contribution in [0.3, 0.4) is 0 Å². The topological polar surface area (TPSA) is 22.6 Å². The number of rotatable bonds is 2. The van der Waals surface area contributed by atoms with Gasteiger partial charge in [0.05, 0.1) is 11.4 Å². The van der Waals surface area contributed by atoms with Crippen molar-refractivity contribution in [3.8, 4) is 0 Å². The predicted molar refractivity (Wildman–Crippen MR) is 114 cm³/mol. The lowest BCUT2D eigenvalue weighted by atomic mass is 9.61. The van der Waals surface area contributed by atoms with Crippen LogP contribution in [0.2, 0.25) is 6.82 Å². The Kier molecular flexibility index (Phi) is 3.67. The first-order valence-electron chi connectivity index (χ1n) is 9.40. The summed E-state index contributed by atoms with van der Waals surface area (Å²) < 4.78 is 0. The van der Waals surface area contributed by atoms with Gasteiger partial charge in [0.1, 0.15) is 6.17 Å². The van der Waals surface area contributed by atoms with Crippen LogP contribution in [0.25, 0.3) is 6.08 Å². The molecule has 3 aromatic rings. The quantitative estimate of drug-likeness (QED) is 0.606. The van der Waals surface area contributed by atoms with Gasteiger partial charge in [0.25, 0.3) is 0 Å². The molecule has 1 aromatic heterocycles. The van der Waals surface area contributed by atoms with Crippen molar-refractivity contribution in [2.45, 2.75) is 19.9 Å². The molecule has 0 saturated carbocycles. The average molecular weight is 352 g/mol. The highest BCUT2D eigenvalue weighted by Gasteiger charge is 2.41. The minimum atomic E-state index is 0.110. The molecule has 0 bridgehead atoms. The molecule has 3 heterocycles. The van der Waals surface area contributed by atoms with Gasteiger partial charge in [-0.25, -0.2) is 4.98 Å². The van der Waals surface area contributed by atoms with Crippen LogP contribution in [0.4, 0.5) is 22.9 Å². The second-order valence-corrected chi connectivity index (χ2v) is 7.03. The summed E-state index contributed by atoms with van der Waals surface area (Å²) >= 11 is 0. The van der Waals surface area contributed by atoms with E-state index in [0.29, 0.717) is 0 Å². The normalized spacial score (nSPS) is 17.9. The molecule has 5 heteroatoms. The van der Waals surface area contributed by atoms with E-state index in [2.05, 4.69) is 101 Å². The van der Waals surface area contributed by atoms with Gasteiger partial charge in [0.2, 0.25) is 0 Å². The van der Waals surface area contributed by atoms with Gasteiger partial charge in [-0.15, -0.1) is 0 Å². The van der Waals surface area contributed by atoms with E-state index in [1.807, 2.05) is 12.3 Å². The molecule has 27 heavy (non-hydrogen) atoms. The molecule has 0 unspecified atom stereocenters. The monoisotopic (exact) mass is 352 g/mol. The lowest BCUT2D eigenvalue weighted by Gasteiger charge is -2.43. The zero-order valence-electron chi connectivity index (χ0n) is 15.5. The molecule has 1 atom stereocenters. The Labute approximate surface area is 160 Å². The molecule has 2 aliphatic rings. The third-order valence-electron chi connectivity index (χ3n) is 5.36. The largest absolute Gasteiger partial charge is 0.322 e. The van der Waals surface area contributed by atoms with E-state index in [9.17, 15) is 0 Å². The van der Waals surface area contributed by atoms with Crippen molar-refractivity contribution in [1.82, 2.24) is 4.98 Å². The van der Waals surface area contributed by atoms with Gasteiger partial charge in [0.15, 0.2) is 5.82 Å². The average Bonchev–Trinajstić information content (AvgIpc) is 3.00. The maximum absolute atomic E-state index is 4.77. The van der Waals surface area contributed by atoms with Crippen LogP contribution in [0.1, 0.15) is 12.5 Å². The van der Waals surface area contributed by atoms with Crippen molar-refractivity contribution < 1.29 is 0 Å². The van der Waals surface area contributed by atoms with Crippen molar-refractivity contribution in [2.24, 2.45) is 0 Å². The van der Waals surface area contributed by atoms with Crippen LogP contribution < -0.4 is 14.8 Å². The minimum Gasteiger partial charge on any atom is -0.322 e. The highest BCUT2D eigenvalue weighted by atomic mass is 15.7. The van der Waals surface area contributed by atoms with Crippen LogP contribution in [-0.4, -0.2) is 18.0 Å². The second kappa shape index (κ2) is 6.20. The fourth-order valence-electron chi connectivity index (χ4n) is 4.16. The van der Waals surface area contributed by atoms with E-state index in [-0.39, 0.29) is 13.0 Å². The van der Waals surface area contributed by atoms with Crippen LogP contribution in [0.15, 0.2) is 78.9 Å². The Bertz CT molecular complexity index is 1000. The molecule has 5 rings (SSSR count). The molecule has 0 radical (unpaired) electrons. The van der Waals surface area contributed by atoms with E-state index in [0.717, 1.165) is 11.5 Å².